The molecule has 5 nitrogen and oxygen atoms in total. The molecule has 0 aliphatic heterocycles. The van der Waals surface area contributed by atoms with E-state index >= 15 is 0 Å². The van der Waals surface area contributed by atoms with Crippen molar-refractivity contribution >= 4 is 5.97 Å². The summed E-state index contributed by atoms with van der Waals surface area (Å²) in [5.41, 5.74) is -0.333. The van der Waals surface area contributed by atoms with Gasteiger partial charge in [-0.3, -0.25) is 0 Å². The van der Waals surface area contributed by atoms with Gasteiger partial charge in [-0.2, -0.15) is 4.98 Å². The average Bonchev–Trinajstić information content (AvgIpc) is 2.54. The van der Waals surface area contributed by atoms with E-state index in [0.717, 1.165) is 0 Å². The molecule has 0 fully saturated rings. The van der Waals surface area contributed by atoms with E-state index in [1.165, 1.54) is 0 Å². The number of hydrogen-bond donors (Lipinski definition) is 0. The molecule has 0 N–H and O–H groups in total. The summed E-state index contributed by atoms with van der Waals surface area (Å²) in [5.74, 6) is -1.53. The average molecular weight is 238 g/mol. The largest absolute Gasteiger partial charge is 1.00 e. The molecule has 0 aromatic carbocycles. The number of carboxylic acids is 1. The fraction of sp³-hybridized carbons (Fsp3) is 0.667. The minimum absolute atomic E-state index is 0. The minimum atomic E-state index is -1.42. The van der Waals surface area contributed by atoms with Crippen LogP contribution in [0.25, 0.3) is 0 Å². The van der Waals surface area contributed by atoms with Gasteiger partial charge in [-0.15, -0.1) is 0 Å². The molecule has 0 spiro atoms. The first kappa shape index (κ1) is 17.6. The van der Waals surface area contributed by atoms with Crippen molar-refractivity contribution in [1.82, 2.24) is 10.1 Å². The third-order valence-corrected chi connectivity index (χ3v) is 1.25. The SMILES string of the molecule is CC.CC(C)(C)c1nc(C(=O)[O-])no1.[K+]. The van der Waals surface area contributed by atoms with Gasteiger partial charge in [0.15, 0.2) is 0 Å². The van der Waals surface area contributed by atoms with Crippen molar-refractivity contribution in [3.63, 3.8) is 0 Å². The Labute approximate surface area is 132 Å². The van der Waals surface area contributed by atoms with Crippen molar-refractivity contribution in [2.75, 3.05) is 0 Å². The molecule has 15 heavy (non-hydrogen) atoms. The van der Waals surface area contributed by atoms with E-state index in [1.54, 1.807) is 0 Å². The van der Waals surface area contributed by atoms with E-state index in [9.17, 15) is 9.90 Å². The molecule has 80 valence electrons. The number of rotatable bonds is 1. The molecule has 0 atom stereocenters. The fourth-order valence-electron chi connectivity index (χ4n) is 0.611. The first-order valence-electron chi connectivity index (χ1n) is 4.47. The Morgan fingerprint density at radius 3 is 2.00 bits per heavy atom. The molecule has 6 heteroatoms. The van der Waals surface area contributed by atoms with E-state index in [1.807, 2.05) is 34.6 Å². The molecule has 1 heterocycles. The fourth-order valence-corrected chi connectivity index (χ4v) is 0.611. The first-order chi connectivity index (χ1) is 6.41. The van der Waals surface area contributed by atoms with Crippen molar-refractivity contribution in [2.24, 2.45) is 0 Å². The quantitative estimate of drug-likeness (QED) is 0.517. The molecule has 0 saturated carbocycles. The third-order valence-electron chi connectivity index (χ3n) is 1.25. The Morgan fingerprint density at radius 2 is 1.80 bits per heavy atom. The second-order valence-corrected chi connectivity index (χ2v) is 3.46. The van der Waals surface area contributed by atoms with E-state index in [-0.39, 0.29) is 56.8 Å². The first-order valence-corrected chi connectivity index (χ1v) is 4.47. The van der Waals surface area contributed by atoms with Gasteiger partial charge in [-0.25, -0.2) is 0 Å². The second-order valence-electron chi connectivity index (χ2n) is 3.46. The summed E-state index contributed by atoms with van der Waals surface area (Å²) in [6.07, 6.45) is 0. The molecule has 1 rings (SSSR count). The predicted molar refractivity (Wildman–Crippen MR) is 48.7 cm³/mol. The Balaban J connectivity index is 0. The van der Waals surface area contributed by atoms with Crippen molar-refractivity contribution in [1.29, 1.82) is 0 Å². The molecule has 0 radical (unpaired) electrons. The van der Waals surface area contributed by atoms with Crippen LogP contribution < -0.4 is 56.5 Å². The molecule has 1 aromatic heterocycles. The number of carbonyl (C=O) groups is 1. The summed E-state index contributed by atoms with van der Waals surface area (Å²) in [6, 6.07) is 0. The molecular formula is C9H15KN2O3. The van der Waals surface area contributed by atoms with Gasteiger partial charge in [0.2, 0.25) is 11.7 Å². The van der Waals surface area contributed by atoms with Gasteiger partial charge in [0.1, 0.15) is 5.97 Å². The zero-order chi connectivity index (χ0) is 11.4. The summed E-state index contributed by atoms with van der Waals surface area (Å²) in [7, 11) is 0. The van der Waals surface area contributed by atoms with Gasteiger partial charge in [-0.05, 0) is 0 Å². The van der Waals surface area contributed by atoms with Gasteiger partial charge < -0.3 is 14.4 Å². The van der Waals surface area contributed by atoms with Crippen LogP contribution in [0.1, 0.15) is 51.1 Å². The van der Waals surface area contributed by atoms with Crippen LogP contribution in [0, 0.1) is 0 Å². The third kappa shape index (κ3) is 5.77. The molecule has 1 aromatic rings. The van der Waals surface area contributed by atoms with Crippen molar-refractivity contribution in [3.05, 3.63) is 11.7 Å². The predicted octanol–water partition coefficient (Wildman–Crippen LogP) is -2.24. The Kier molecular flexibility index (Phi) is 8.83. The smallest absolute Gasteiger partial charge is 0.541 e. The van der Waals surface area contributed by atoms with Crippen LogP contribution in [0.3, 0.4) is 0 Å². The van der Waals surface area contributed by atoms with Crippen LogP contribution in [-0.4, -0.2) is 16.1 Å². The molecular weight excluding hydrogens is 223 g/mol. The summed E-state index contributed by atoms with van der Waals surface area (Å²) >= 11 is 0. The topological polar surface area (TPSA) is 79.0 Å². The summed E-state index contributed by atoms with van der Waals surface area (Å²) in [6.45, 7) is 9.54. The van der Waals surface area contributed by atoms with Crippen LogP contribution in [0.4, 0.5) is 0 Å². The van der Waals surface area contributed by atoms with Gasteiger partial charge in [0.05, 0.1) is 0 Å². The number of aromatic nitrogens is 2. The van der Waals surface area contributed by atoms with E-state index in [2.05, 4.69) is 10.1 Å². The van der Waals surface area contributed by atoms with Gasteiger partial charge in [-0.1, -0.05) is 39.8 Å². The minimum Gasteiger partial charge on any atom is -0.541 e. The van der Waals surface area contributed by atoms with Crippen molar-refractivity contribution in [2.45, 2.75) is 40.0 Å². The standard InChI is InChI=1S/C7H10N2O3.C2H6.K/c1-7(2,3)6-8-4(5(10)11)9-12-6;1-2;/h1-3H3,(H,10,11);1-2H3;/q;;+1/p-1. The second kappa shape index (κ2) is 7.51. The van der Waals surface area contributed by atoms with Crippen molar-refractivity contribution < 1.29 is 65.8 Å². The molecule has 0 aliphatic carbocycles. The number of nitrogens with zero attached hydrogens (tertiary/aromatic N) is 2. The maximum atomic E-state index is 10.2. The van der Waals surface area contributed by atoms with Gasteiger partial charge >= 0.3 is 51.4 Å². The van der Waals surface area contributed by atoms with E-state index in [0.29, 0.717) is 5.89 Å². The number of carbonyl (C=O) groups excluding carboxylic acids is 1. The van der Waals surface area contributed by atoms with Crippen LogP contribution in [0.15, 0.2) is 4.52 Å². The monoisotopic (exact) mass is 238 g/mol. The summed E-state index contributed by atoms with van der Waals surface area (Å²) < 4.78 is 4.71. The Bertz CT molecular complexity index is 305. The zero-order valence-electron chi connectivity index (χ0n) is 10.1. The maximum absolute atomic E-state index is 10.2. The molecule has 0 bridgehead atoms. The number of aromatic carboxylic acids is 1. The maximum Gasteiger partial charge on any atom is 1.00 e. The number of hydrogen-bond acceptors (Lipinski definition) is 5. The van der Waals surface area contributed by atoms with Crippen LogP contribution in [0.5, 0.6) is 0 Å². The Hall–Kier alpha value is 0.246. The van der Waals surface area contributed by atoms with Crippen LogP contribution in [0.2, 0.25) is 0 Å². The van der Waals surface area contributed by atoms with Crippen molar-refractivity contribution in [3.8, 4) is 0 Å². The van der Waals surface area contributed by atoms with E-state index < -0.39 is 11.8 Å². The normalized spacial score (nSPS) is 9.67. The van der Waals surface area contributed by atoms with Gasteiger partial charge in [0, 0.05) is 5.41 Å². The van der Waals surface area contributed by atoms with Crippen LogP contribution >= 0.6 is 0 Å². The number of carboxylic acid groups (broad SMARTS) is 1. The molecule has 0 saturated heterocycles. The van der Waals surface area contributed by atoms with E-state index in [4.69, 9.17) is 4.52 Å². The summed E-state index contributed by atoms with van der Waals surface area (Å²) in [4.78, 5) is 13.9. The molecule has 0 aliphatic rings. The van der Waals surface area contributed by atoms with Crippen LogP contribution in [-0.2, 0) is 5.41 Å². The Morgan fingerprint density at radius 1 is 1.33 bits per heavy atom. The summed E-state index contributed by atoms with van der Waals surface area (Å²) in [5, 5.41) is 13.5. The molecule has 0 amide bonds. The zero-order valence-corrected chi connectivity index (χ0v) is 13.2. The molecule has 0 unspecified atom stereocenters. The van der Waals surface area contributed by atoms with Gasteiger partial charge in [0.25, 0.3) is 0 Å².